The van der Waals surface area contributed by atoms with E-state index < -0.39 is 0 Å². The van der Waals surface area contributed by atoms with Crippen LogP contribution in [0, 0.1) is 0 Å². The predicted molar refractivity (Wildman–Crippen MR) is 88.2 cm³/mol. The van der Waals surface area contributed by atoms with E-state index in [1.165, 1.54) is 11.1 Å². The maximum absolute atomic E-state index is 2.37. The van der Waals surface area contributed by atoms with Gasteiger partial charge < -0.3 is 0 Å². The highest BCUT2D eigenvalue weighted by Crippen LogP contribution is 2.24. The fourth-order valence-corrected chi connectivity index (χ4v) is 4.16. The van der Waals surface area contributed by atoms with Crippen LogP contribution in [-0.4, -0.2) is 9.52 Å². The van der Waals surface area contributed by atoms with Crippen molar-refractivity contribution in [1.29, 1.82) is 0 Å². The molecule has 1 unspecified atom stereocenters. The Balaban J connectivity index is 2.10. The third-order valence-corrected chi connectivity index (χ3v) is 5.76. The molecule has 0 radical (unpaired) electrons. The smallest absolute Gasteiger partial charge is 0.0620 e. The van der Waals surface area contributed by atoms with Crippen molar-refractivity contribution in [3.63, 3.8) is 0 Å². The Bertz CT molecular complexity index is 506. The maximum Gasteiger partial charge on any atom is 0.0620 e. The topological polar surface area (TPSA) is 0 Å². The van der Waals surface area contributed by atoms with Crippen LogP contribution >= 0.6 is 0 Å². The van der Waals surface area contributed by atoms with Gasteiger partial charge in [-0.05, 0) is 22.1 Å². The van der Waals surface area contributed by atoms with Crippen molar-refractivity contribution in [1.82, 2.24) is 0 Å². The average Bonchev–Trinajstić information content (AvgIpc) is 2.39. The summed E-state index contributed by atoms with van der Waals surface area (Å²) in [6, 6.07) is 20.2. The van der Waals surface area contributed by atoms with Gasteiger partial charge in [-0.15, -0.1) is 0 Å². The molecule has 0 aromatic heterocycles. The van der Waals surface area contributed by atoms with Crippen molar-refractivity contribution in [2.24, 2.45) is 0 Å². The van der Waals surface area contributed by atoms with Gasteiger partial charge in [0.25, 0.3) is 0 Å². The van der Waals surface area contributed by atoms with E-state index in [0.29, 0.717) is 5.54 Å². The van der Waals surface area contributed by atoms with Crippen molar-refractivity contribution in [3.8, 4) is 0 Å². The second kappa shape index (κ2) is 5.75. The van der Waals surface area contributed by atoms with Crippen molar-refractivity contribution in [2.75, 3.05) is 0 Å². The van der Waals surface area contributed by atoms with Crippen LogP contribution in [0.4, 0.5) is 0 Å². The summed E-state index contributed by atoms with van der Waals surface area (Å²) in [5, 5.41) is 1.55. The van der Waals surface area contributed by atoms with E-state index in [-0.39, 0.29) is 14.9 Å². The van der Waals surface area contributed by atoms with E-state index in [0.717, 1.165) is 0 Å². The molecule has 0 saturated heterocycles. The fraction of sp³-hybridized carbons (Fsp3) is 0.333. The second-order valence-electron chi connectivity index (χ2n) is 6.46. The largest absolute Gasteiger partial charge is 0.0663 e. The molecular formula is C18H24Si. The van der Waals surface area contributed by atoms with E-state index in [9.17, 15) is 0 Å². The van der Waals surface area contributed by atoms with Crippen molar-refractivity contribution in [3.05, 3.63) is 65.7 Å². The summed E-state index contributed by atoms with van der Waals surface area (Å²) in [5.41, 5.74) is 3.86. The summed E-state index contributed by atoms with van der Waals surface area (Å²) in [4.78, 5) is 0. The SMILES string of the molecule is CC([SiH2]c1ccccc1)c1ccc(C(C)(C)C)cc1. The van der Waals surface area contributed by atoms with E-state index in [4.69, 9.17) is 0 Å². The molecule has 0 aliphatic rings. The summed E-state index contributed by atoms with van der Waals surface area (Å²) < 4.78 is 0. The van der Waals surface area contributed by atoms with Crippen molar-refractivity contribution >= 4 is 14.7 Å². The van der Waals surface area contributed by atoms with Crippen LogP contribution in [0.2, 0.25) is 0 Å². The Morgan fingerprint density at radius 2 is 1.42 bits per heavy atom. The van der Waals surface area contributed by atoms with Gasteiger partial charge in [0.2, 0.25) is 0 Å². The van der Waals surface area contributed by atoms with Gasteiger partial charge in [0.05, 0.1) is 9.52 Å². The van der Waals surface area contributed by atoms with E-state index in [1.807, 2.05) is 0 Å². The lowest BCUT2D eigenvalue weighted by Crippen LogP contribution is -2.20. The van der Waals surface area contributed by atoms with Crippen LogP contribution in [0.1, 0.15) is 44.4 Å². The van der Waals surface area contributed by atoms with Crippen LogP contribution in [0.25, 0.3) is 0 Å². The molecule has 0 N–H and O–H groups in total. The molecule has 0 heterocycles. The molecule has 0 saturated carbocycles. The van der Waals surface area contributed by atoms with Gasteiger partial charge in [0.1, 0.15) is 0 Å². The molecule has 1 heteroatoms. The molecule has 0 aliphatic heterocycles. The highest BCUT2D eigenvalue weighted by molar-refractivity contribution is 6.54. The van der Waals surface area contributed by atoms with Gasteiger partial charge >= 0.3 is 0 Å². The number of hydrogen-bond acceptors (Lipinski definition) is 0. The standard InChI is InChI=1S/C18H24Si/c1-14(19-17-8-6-5-7-9-17)15-10-12-16(13-11-15)18(2,3)4/h5-14H,19H2,1-4H3. The summed E-state index contributed by atoms with van der Waals surface area (Å²) >= 11 is 0. The monoisotopic (exact) mass is 268 g/mol. The summed E-state index contributed by atoms with van der Waals surface area (Å²) in [6.07, 6.45) is 0. The minimum atomic E-state index is -0.232. The van der Waals surface area contributed by atoms with Gasteiger partial charge in [-0.2, -0.15) is 0 Å². The highest BCUT2D eigenvalue weighted by Gasteiger charge is 2.14. The van der Waals surface area contributed by atoms with E-state index in [2.05, 4.69) is 82.3 Å². The zero-order valence-electron chi connectivity index (χ0n) is 12.5. The first kappa shape index (κ1) is 14.1. The molecule has 1 atom stereocenters. The molecule has 2 rings (SSSR count). The number of hydrogen-bond donors (Lipinski definition) is 0. The van der Waals surface area contributed by atoms with Crippen LogP contribution in [0.15, 0.2) is 54.6 Å². The first-order valence-electron chi connectivity index (χ1n) is 7.11. The Labute approximate surface area is 119 Å². The van der Waals surface area contributed by atoms with E-state index in [1.54, 1.807) is 5.19 Å². The summed E-state index contributed by atoms with van der Waals surface area (Å²) in [7, 11) is -0.232. The molecule has 0 aliphatic carbocycles. The molecule has 0 nitrogen and oxygen atoms in total. The molecule has 2 aromatic rings. The quantitative estimate of drug-likeness (QED) is 0.747. The molecule has 0 fully saturated rings. The Morgan fingerprint density at radius 1 is 0.842 bits per heavy atom. The number of benzene rings is 2. The van der Waals surface area contributed by atoms with Gasteiger partial charge in [-0.1, -0.05) is 87.5 Å². The second-order valence-corrected chi connectivity index (χ2v) is 8.91. The van der Waals surface area contributed by atoms with Crippen molar-refractivity contribution in [2.45, 2.75) is 38.7 Å². The van der Waals surface area contributed by atoms with Crippen LogP contribution in [0.3, 0.4) is 0 Å². The Morgan fingerprint density at radius 3 is 1.95 bits per heavy atom. The zero-order valence-corrected chi connectivity index (χ0v) is 13.9. The van der Waals surface area contributed by atoms with Gasteiger partial charge in [0.15, 0.2) is 0 Å². The van der Waals surface area contributed by atoms with Crippen LogP contribution in [-0.2, 0) is 5.41 Å². The number of rotatable bonds is 3. The predicted octanol–water partition coefficient (Wildman–Crippen LogP) is 3.54. The molecule has 0 spiro atoms. The normalized spacial score (nSPS) is 13.9. The molecule has 2 aromatic carbocycles. The Hall–Kier alpha value is -1.34. The Kier molecular flexibility index (Phi) is 4.26. The summed E-state index contributed by atoms with van der Waals surface area (Å²) in [6.45, 7) is 9.17. The van der Waals surface area contributed by atoms with E-state index >= 15 is 0 Å². The fourth-order valence-electron chi connectivity index (χ4n) is 2.40. The molecule has 0 bridgehead atoms. The molecule has 100 valence electrons. The maximum atomic E-state index is 2.37. The zero-order chi connectivity index (χ0) is 13.9. The van der Waals surface area contributed by atoms with Crippen LogP contribution < -0.4 is 5.19 Å². The minimum Gasteiger partial charge on any atom is -0.0663 e. The summed E-state index contributed by atoms with van der Waals surface area (Å²) in [5.74, 6) is 0. The average molecular weight is 268 g/mol. The van der Waals surface area contributed by atoms with Crippen molar-refractivity contribution < 1.29 is 0 Å². The molecule has 19 heavy (non-hydrogen) atoms. The molecular weight excluding hydrogens is 244 g/mol. The van der Waals surface area contributed by atoms with Gasteiger partial charge in [0, 0.05) is 0 Å². The lowest BCUT2D eigenvalue weighted by Gasteiger charge is -2.20. The minimum absolute atomic E-state index is 0.232. The molecule has 0 amide bonds. The lowest BCUT2D eigenvalue weighted by atomic mass is 9.86. The lowest BCUT2D eigenvalue weighted by molar-refractivity contribution is 0.590. The first-order chi connectivity index (χ1) is 8.97. The van der Waals surface area contributed by atoms with Gasteiger partial charge in [-0.3, -0.25) is 0 Å². The third-order valence-electron chi connectivity index (χ3n) is 3.73. The van der Waals surface area contributed by atoms with Crippen LogP contribution in [0.5, 0.6) is 0 Å². The first-order valence-corrected chi connectivity index (χ1v) is 8.63. The van der Waals surface area contributed by atoms with Gasteiger partial charge in [-0.25, -0.2) is 0 Å². The highest BCUT2D eigenvalue weighted by atomic mass is 28.2. The third kappa shape index (κ3) is 3.81.